The first-order valence-electron chi connectivity index (χ1n) is 7.08. The minimum atomic E-state index is -3.46. The fraction of sp³-hybridized carbons (Fsp3) is 0.923. The second kappa shape index (κ2) is 5.95. The molecule has 0 bridgehead atoms. The van der Waals surface area contributed by atoms with Gasteiger partial charge in [-0.15, -0.1) is 0 Å². The highest BCUT2D eigenvalue weighted by Crippen LogP contribution is 2.32. The minimum Gasteiger partial charge on any atom is -0.444 e. The zero-order valence-corrected chi connectivity index (χ0v) is 14.1. The zero-order chi connectivity index (χ0) is 16.6. The first kappa shape index (κ1) is 17.5. The molecule has 2 heterocycles. The fourth-order valence-corrected chi connectivity index (χ4v) is 2.56. The minimum absolute atomic E-state index is 0.0324. The van der Waals surface area contributed by atoms with Crippen LogP contribution in [0.5, 0.6) is 0 Å². The Bertz CT molecular complexity index is 509. The maximum Gasteiger partial charge on any atom is 0.410 e. The van der Waals surface area contributed by atoms with Crippen molar-refractivity contribution in [2.45, 2.75) is 32.2 Å². The van der Waals surface area contributed by atoms with Crippen molar-refractivity contribution in [3.05, 3.63) is 0 Å². The molecule has 0 aromatic rings. The number of amides is 1. The summed E-state index contributed by atoms with van der Waals surface area (Å²) in [6.07, 6.45) is 0.608. The van der Waals surface area contributed by atoms with Crippen LogP contribution in [0.2, 0.25) is 0 Å². The van der Waals surface area contributed by atoms with Gasteiger partial charge in [-0.1, -0.05) is 0 Å². The molecule has 2 rings (SSSR count). The molecule has 0 N–H and O–H groups in total. The van der Waals surface area contributed by atoms with Crippen LogP contribution in [0.3, 0.4) is 0 Å². The van der Waals surface area contributed by atoms with Crippen LogP contribution in [0.25, 0.3) is 0 Å². The van der Waals surface area contributed by atoms with Crippen LogP contribution in [0.4, 0.5) is 4.79 Å². The standard InChI is InChI=1S/C13H23NO7S/c1-12(2,3)21-11(15)14-8-13(9-14)18-5-10(6-19-13)7-20-22(4,16)17/h10H,5-9H2,1-4H3. The molecule has 0 aromatic heterocycles. The van der Waals surface area contributed by atoms with Crippen molar-refractivity contribution < 1.29 is 31.6 Å². The lowest BCUT2D eigenvalue weighted by atomic mass is 10.1. The monoisotopic (exact) mass is 337 g/mol. The quantitative estimate of drug-likeness (QED) is 0.695. The normalized spacial score (nSPS) is 22.5. The maximum atomic E-state index is 11.9. The van der Waals surface area contributed by atoms with E-state index in [2.05, 4.69) is 0 Å². The molecule has 9 heteroatoms. The topological polar surface area (TPSA) is 91.4 Å². The van der Waals surface area contributed by atoms with Crippen molar-refractivity contribution in [3.63, 3.8) is 0 Å². The van der Waals surface area contributed by atoms with Crippen LogP contribution in [0.1, 0.15) is 20.8 Å². The third-order valence-corrected chi connectivity index (χ3v) is 3.76. The van der Waals surface area contributed by atoms with E-state index < -0.39 is 27.6 Å². The molecule has 0 aromatic carbocycles. The number of hydrogen-bond acceptors (Lipinski definition) is 7. The van der Waals surface area contributed by atoms with E-state index in [1.54, 1.807) is 20.8 Å². The van der Waals surface area contributed by atoms with Crippen LogP contribution in [0.15, 0.2) is 0 Å². The second-order valence-electron chi connectivity index (χ2n) is 6.72. The molecule has 1 spiro atoms. The summed E-state index contributed by atoms with van der Waals surface area (Å²) in [4.78, 5) is 13.4. The predicted molar refractivity (Wildman–Crippen MR) is 76.7 cm³/mol. The highest BCUT2D eigenvalue weighted by molar-refractivity contribution is 7.85. The molecule has 128 valence electrons. The van der Waals surface area contributed by atoms with Gasteiger partial charge < -0.3 is 14.2 Å². The van der Waals surface area contributed by atoms with E-state index >= 15 is 0 Å². The zero-order valence-electron chi connectivity index (χ0n) is 13.3. The Labute approximate surface area is 130 Å². The number of carbonyl (C=O) groups excluding carboxylic acids is 1. The molecule has 8 nitrogen and oxygen atoms in total. The van der Waals surface area contributed by atoms with Gasteiger partial charge in [0.1, 0.15) is 5.60 Å². The van der Waals surface area contributed by atoms with Crippen LogP contribution in [0, 0.1) is 5.92 Å². The lowest BCUT2D eigenvalue weighted by molar-refractivity contribution is -0.329. The van der Waals surface area contributed by atoms with Gasteiger partial charge in [-0.25, -0.2) is 4.79 Å². The Kier molecular flexibility index (Phi) is 4.72. The molecule has 2 saturated heterocycles. The third-order valence-electron chi connectivity index (χ3n) is 3.20. The number of nitrogens with zero attached hydrogens (tertiary/aromatic N) is 1. The smallest absolute Gasteiger partial charge is 0.410 e. The number of hydrogen-bond donors (Lipinski definition) is 0. The summed E-state index contributed by atoms with van der Waals surface area (Å²) in [5.74, 6) is -0.936. The van der Waals surface area contributed by atoms with E-state index in [0.717, 1.165) is 6.26 Å². The number of ether oxygens (including phenoxy) is 3. The summed E-state index contributed by atoms with van der Waals surface area (Å²) in [6, 6.07) is 0. The van der Waals surface area contributed by atoms with Crippen molar-refractivity contribution in [2.75, 3.05) is 39.2 Å². The van der Waals surface area contributed by atoms with Crippen molar-refractivity contribution >= 4 is 16.2 Å². The molecule has 0 unspecified atom stereocenters. The highest BCUT2D eigenvalue weighted by Gasteiger charge is 2.51. The van der Waals surface area contributed by atoms with Crippen LogP contribution in [-0.2, 0) is 28.5 Å². The van der Waals surface area contributed by atoms with E-state index in [9.17, 15) is 13.2 Å². The molecule has 0 aliphatic carbocycles. The van der Waals surface area contributed by atoms with E-state index in [1.807, 2.05) is 0 Å². The summed E-state index contributed by atoms with van der Waals surface area (Å²) in [7, 11) is -3.46. The van der Waals surface area contributed by atoms with Gasteiger partial charge in [0.15, 0.2) is 0 Å². The summed E-state index contributed by atoms with van der Waals surface area (Å²) >= 11 is 0. The lowest BCUT2D eigenvalue weighted by Gasteiger charge is -2.51. The molecule has 0 radical (unpaired) electrons. The van der Waals surface area contributed by atoms with Crippen LogP contribution >= 0.6 is 0 Å². The molecule has 22 heavy (non-hydrogen) atoms. The van der Waals surface area contributed by atoms with Crippen LogP contribution in [-0.4, -0.2) is 70.0 Å². The van der Waals surface area contributed by atoms with E-state index in [-0.39, 0.29) is 12.5 Å². The Morgan fingerprint density at radius 3 is 2.27 bits per heavy atom. The molecule has 2 aliphatic rings. The largest absolute Gasteiger partial charge is 0.444 e. The summed E-state index contributed by atoms with van der Waals surface area (Å²) in [5, 5.41) is 0. The lowest BCUT2D eigenvalue weighted by Crippen LogP contribution is -2.68. The van der Waals surface area contributed by atoms with Crippen molar-refractivity contribution in [2.24, 2.45) is 5.92 Å². The Morgan fingerprint density at radius 1 is 1.27 bits per heavy atom. The first-order chi connectivity index (χ1) is 9.98. The number of rotatable bonds is 3. The number of carbonyl (C=O) groups is 1. The molecular formula is C13H23NO7S. The van der Waals surface area contributed by atoms with Gasteiger partial charge in [0.25, 0.3) is 10.1 Å². The van der Waals surface area contributed by atoms with E-state index in [0.29, 0.717) is 26.3 Å². The maximum absolute atomic E-state index is 11.9. The molecule has 1 amide bonds. The van der Waals surface area contributed by atoms with Crippen molar-refractivity contribution in [3.8, 4) is 0 Å². The van der Waals surface area contributed by atoms with E-state index in [1.165, 1.54) is 4.90 Å². The Balaban J connectivity index is 1.74. The van der Waals surface area contributed by atoms with Gasteiger partial charge in [-0.2, -0.15) is 8.42 Å². The Morgan fingerprint density at radius 2 is 1.82 bits per heavy atom. The van der Waals surface area contributed by atoms with Gasteiger partial charge in [0, 0.05) is 5.92 Å². The first-order valence-corrected chi connectivity index (χ1v) is 8.90. The molecule has 2 aliphatic heterocycles. The van der Waals surface area contributed by atoms with Gasteiger partial charge in [0.05, 0.1) is 39.2 Å². The molecule has 2 fully saturated rings. The highest BCUT2D eigenvalue weighted by atomic mass is 32.2. The average molecular weight is 337 g/mol. The summed E-state index contributed by atoms with van der Waals surface area (Å²) in [5.41, 5.74) is -0.539. The fourth-order valence-electron chi connectivity index (χ4n) is 2.12. The van der Waals surface area contributed by atoms with Gasteiger partial charge >= 0.3 is 6.09 Å². The van der Waals surface area contributed by atoms with Crippen molar-refractivity contribution in [1.29, 1.82) is 0 Å². The molecule has 0 saturated carbocycles. The van der Waals surface area contributed by atoms with Gasteiger partial charge in [-0.3, -0.25) is 9.08 Å². The molecule has 0 atom stereocenters. The molecular weight excluding hydrogens is 314 g/mol. The third kappa shape index (κ3) is 4.80. The second-order valence-corrected chi connectivity index (χ2v) is 8.37. The predicted octanol–water partition coefficient (Wildman–Crippen LogP) is 0.573. The summed E-state index contributed by atoms with van der Waals surface area (Å²) in [6.45, 7) is 6.73. The van der Waals surface area contributed by atoms with Crippen molar-refractivity contribution in [1.82, 2.24) is 4.90 Å². The average Bonchev–Trinajstić information content (AvgIpc) is 2.31. The Hall–Kier alpha value is -0.900. The number of likely N-dealkylation sites (tertiary alicyclic amines) is 1. The van der Waals surface area contributed by atoms with Gasteiger partial charge in [0.2, 0.25) is 5.79 Å². The van der Waals surface area contributed by atoms with Crippen LogP contribution < -0.4 is 0 Å². The SMILES string of the molecule is CC(C)(C)OC(=O)N1CC2(C1)OCC(COS(C)(=O)=O)CO2. The van der Waals surface area contributed by atoms with E-state index in [4.69, 9.17) is 18.4 Å². The summed E-state index contributed by atoms with van der Waals surface area (Å²) < 4.78 is 43.2. The van der Waals surface area contributed by atoms with Gasteiger partial charge in [-0.05, 0) is 20.8 Å².